The zero-order valence-corrected chi connectivity index (χ0v) is 20.8. The van der Waals surface area contributed by atoms with Gasteiger partial charge in [-0.1, -0.05) is 79.7 Å². The predicted octanol–water partition coefficient (Wildman–Crippen LogP) is 5.25. The summed E-state index contributed by atoms with van der Waals surface area (Å²) < 4.78 is 23.9. The van der Waals surface area contributed by atoms with Crippen molar-refractivity contribution in [2.75, 3.05) is 5.32 Å². The molecule has 0 aliphatic rings. The quantitative estimate of drug-likeness (QED) is 0.307. The third-order valence-electron chi connectivity index (χ3n) is 6.23. The third-order valence-corrected chi connectivity index (χ3v) is 7.20. The maximum Gasteiger partial charge on any atom is 0.255 e. The molecule has 36 heavy (non-hydrogen) atoms. The fourth-order valence-corrected chi connectivity index (χ4v) is 5.20. The largest absolute Gasteiger partial charge is 0.326 e. The average Bonchev–Trinajstić information content (AvgIpc) is 2.90. The topological polar surface area (TPSA) is 115 Å². The summed E-state index contributed by atoms with van der Waals surface area (Å²) in [6, 6.07) is 29.3. The van der Waals surface area contributed by atoms with E-state index in [1.54, 1.807) is 42.5 Å². The number of para-hydroxylation sites is 1. The molecule has 4 rings (SSSR count). The van der Waals surface area contributed by atoms with E-state index in [2.05, 4.69) is 24.4 Å². The predicted molar refractivity (Wildman–Crippen MR) is 144 cm³/mol. The smallest absolute Gasteiger partial charge is 0.255 e. The molecule has 0 aromatic heterocycles. The van der Waals surface area contributed by atoms with Gasteiger partial charge in [-0.25, -0.2) is 13.6 Å². The van der Waals surface area contributed by atoms with E-state index in [1.165, 1.54) is 6.07 Å². The van der Waals surface area contributed by atoms with E-state index in [0.29, 0.717) is 23.2 Å². The van der Waals surface area contributed by atoms with E-state index in [-0.39, 0.29) is 16.7 Å². The van der Waals surface area contributed by atoms with E-state index in [4.69, 9.17) is 10.9 Å². The SMILES string of the molecule is CCC(c1cccc(CN)c1)c1ccccc1NC(=O)c1ccc(-c2ccccc2S(N)(=O)=O)cc1. The Morgan fingerprint density at radius 3 is 2.28 bits per heavy atom. The highest BCUT2D eigenvalue weighted by molar-refractivity contribution is 7.89. The van der Waals surface area contributed by atoms with Crippen molar-refractivity contribution in [3.05, 3.63) is 119 Å². The van der Waals surface area contributed by atoms with Gasteiger partial charge in [0.1, 0.15) is 0 Å². The number of hydrogen-bond acceptors (Lipinski definition) is 4. The number of carbonyl (C=O) groups excluding carboxylic acids is 1. The Bertz CT molecular complexity index is 1480. The number of rotatable bonds is 8. The van der Waals surface area contributed by atoms with Gasteiger partial charge in [0.05, 0.1) is 4.90 Å². The highest BCUT2D eigenvalue weighted by atomic mass is 32.2. The number of benzene rings is 4. The van der Waals surface area contributed by atoms with Gasteiger partial charge < -0.3 is 11.1 Å². The van der Waals surface area contributed by atoms with Gasteiger partial charge in [0.25, 0.3) is 5.91 Å². The van der Waals surface area contributed by atoms with Crippen molar-refractivity contribution in [3.63, 3.8) is 0 Å². The van der Waals surface area contributed by atoms with Crippen LogP contribution in [0.1, 0.15) is 46.3 Å². The van der Waals surface area contributed by atoms with Gasteiger partial charge in [-0.2, -0.15) is 0 Å². The minimum absolute atomic E-state index is 0.0421. The van der Waals surface area contributed by atoms with Crippen LogP contribution < -0.4 is 16.2 Å². The maximum absolute atomic E-state index is 13.1. The molecule has 184 valence electrons. The molecule has 0 heterocycles. The molecular weight excluding hydrogens is 470 g/mol. The lowest BCUT2D eigenvalue weighted by Crippen LogP contribution is -2.15. The molecule has 6 nitrogen and oxygen atoms in total. The molecule has 0 aliphatic heterocycles. The summed E-state index contributed by atoms with van der Waals surface area (Å²) >= 11 is 0. The van der Waals surface area contributed by atoms with Crippen molar-refractivity contribution in [1.82, 2.24) is 0 Å². The molecule has 5 N–H and O–H groups in total. The van der Waals surface area contributed by atoms with Crippen LogP contribution in [-0.2, 0) is 16.6 Å². The van der Waals surface area contributed by atoms with Crippen LogP contribution in [-0.4, -0.2) is 14.3 Å². The highest BCUT2D eigenvalue weighted by Gasteiger charge is 2.19. The molecule has 7 heteroatoms. The maximum atomic E-state index is 13.1. The Balaban J connectivity index is 1.60. The van der Waals surface area contributed by atoms with Gasteiger partial charge in [-0.15, -0.1) is 0 Å². The third kappa shape index (κ3) is 5.54. The molecule has 1 unspecified atom stereocenters. The molecule has 0 saturated heterocycles. The van der Waals surface area contributed by atoms with Crippen molar-refractivity contribution in [1.29, 1.82) is 0 Å². The van der Waals surface area contributed by atoms with Crippen LogP contribution in [0, 0.1) is 0 Å². The Morgan fingerprint density at radius 1 is 0.889 bits per heavy atom. The number of carbonyl (C=O) groups is 1. The van der Waals surface area contributed by atoms with Crippen molar-refractivity contribution >= 4 is 21.6 Å². The molecule has 4 aromatic rings. The second-order valence-electron chi connectivity index (χ2n) is 8.57. The number of nitrogens with two attached hydrogens (primary N) is 2. The zero-order valence-electron chi connectivity index (χ0n) is 20.0. The van der Waals surface area contributed by atoms with Crippen molar-refractivity contribution < 1.29 is 13.2 Å². The zero-order chi connectivity index (χ0) is 25.7. The Kier molecular flexibility index (Phi) is 7.64. The summed E-state index contributed by atoms with van der Waals surface area (Å²) in [4.78, 5) is 13.2. The number of sulfonamides is 1. The van der Waals surface area contributed by atoms with Gasteiger partial charge in [-0.05, 0) is 52.9 Å². The van der Waals surface area contributed by atoms with Crippen LogP contribution >= 0.6 is 0 Å². The summed E-state index contributed by atoms with van der Waals surface area (Å²) in [6.07, 6.45) is 0.860. The first-order valence-electron chi connectivity index (χ1n) is 11.7. The van der Waals surface area contributed by atoms with Crippen LogP contribution in [0.5, 0.6) is 0 Å². The first-order valence-corrected chi connectivity index (χ1v) is 13.3. The molecule has 0 aliphatic carbocycles. The summed E-state index contributed by atoms with van der Waals surface area (Å²) in [5.41, 5.74) is 11.4. The molecule has 0 fully saturated rings. The summed E-state index contributed by atoms with van der Waals surface area (Å²) in [5, 5.41) is 8.42. The lowest BCUT2D eigenvalue weighted by atomic mass is 9.87. The molecule has 4 aromatic carbocycles. The molecular formula is C29H29N3O3S. The second-order valence-corrected chi connectivity index (χ2v) is 10.1. The fraction of sp³-hybridized carbons (Fsp3) is 0.138. The summed E-state index contributed by atoms with van der Waals surface area (Å²) in [7, 11) is -3.88. The summed E-state index contributed by atoms with van der Waals surface area (Å²) in [5.74, 6) is -0.149. The van der Waals surface area contributed by atoms with E-state index >= 15 is 0 Å². The lowest BCUT2D eigenvalue weighted by molar-refractivity contribution is 0.102. The van der Waals surface area contributed by atoms with Gasteiger partial charge in [0.15, 0.2) is 0 Å². The average molecular weight is 500 g/mol. The first kappa shape index (κ1) is 25.3. The number of nitrogens with one attached hydrogen (secondary N) is 1. The number of hydrogen-bond donors (Lipinski definition) is 3. The second kappa shape index (κ2) is 10.9. The standard InChI is InChI=1S/C29H29N3O3S/c1-2-24(23-9-7-8-20(18-23)19-30)26-11-3-5-12-27(26)32-29(33)22-16-14-21(15-17-22)25-10-4-6-13-28(25)36(31,34)35/h3-18,24H,2,19,30H2,1H3,(H,32,33)(H2,31,34,35). The van der Waals surface area contributed by atoms with Gasteiger partial charge >= 0.3 is 0 Å². The lowest BCUT2D eigenvalue weighted by Gasteiger charge is -2.21. The van der Waals surface area contributed by atoms with Gasteiger partial charge in [0.2, 0.25) is 10.0 Å². The Labute approximate surface area is 212 Å². The number of anilines is 1. The highest BCUT2D eigenvalue weighted by Crippen LogP contribution is 2.34. The molecule has 0 spiro atoms. The minimum Gasteiger partial charge on any atom is -0.326 e. The van der Waals surface area contributed by atoms with E-state index in [0.717, 1.165) is 28.8 Å². The van der Waals surface area contributed by atoms with Gasteiger partial charge in [0, 0.05) is 29.3 Å². The van der Waals surface area contributed by atoms with Crippen LogP contribution in [0.25, 0.3) is 11.1 Å². The van der Waals surface area contributed by atoms with E-state index in [9.17, 15) is 13.2 Å². The molecule has 0 saturated carbocycles. The van der Waals surface area contributed by atoms with E-state index in [1.807, 2.05) is 36.4 Å². The fourth-order valence-electron chi connectivity index (χ4n) is 4.44. The molecule has 1 atom stereocenters. The van der Waals surface area contributed by atoms with Crippen molar-refractivity contribution in [3.8, 4) is 11.1 Å². The van der Waals surface area contributed by atoms with Crippen LogP contribution in [0.3, 0.4) is 0 Å². The van der Waals surface area contributed by atoms with Crippen LogP contribution in [0.4, 0.5) is 5.69 Å². The van der Waals surface area contributed by atoms with Crippen molar-refractivity contribution in [2.45, 2.75) is 30.7 Å². The monoisotopic (exact) mass is 499 g/mol. The Morgan fingerprint density at radius 2 is 1.58 bits per heavy atom. The van der Waals surface area contributed by atoms with Crippen LogP contribution in [0.15, 0.2) is 102 Å². The summed E-state index contributed by atoms with van der Waals surface area (Å²) in [6.45, 7) is 2.59. The van der Waals surface area contributed by atoms with Gasteiger partial charge in [-0.3, -0.25) is 4.79 Å². The van der Waals surface area contributed by atoms with Crippen molar-refractivity contribution in [2.24, 2.45) is 10.9 Å². The minimum atomic E-state index is -3.88. The molecule has 0 bridgehead atoms. The molecule has 0 radical (unpaired) electrons. The first-order chi connectivity index (χ1) is 17.3. The van der Waals surface area contributed by atoms with E-state index < -0.39 is 10.0 Å². The van der Waals surface area contributed by atoms with Crippen LogP contribution in [0.2, 0.25) is 0 Å². The Hall–Kier alpha value is -3.78. The number of primary sulfonamides is 1. The number of amides is 1. The normalized spacial score (nSPS) is 12.2. The molecule has 1 amide bonds.